The zero-order chi connectivity index (χ0) is 18.0. The van der Waals surface area contributed by atoms with Crippen molar-refractivity contribution in [2.45, 2.75) is 13.5 Å². The van der Waals surface area contributed by atoms with E-state index in [4.69, 9.17) is 5.73 Å². The van der Waals surface area contributed by atoms with Gasteiger partial charge in [-0.1, -0.05) is 12.1 Å². The molecule has 0 atom stereocenters. The molecular formula is C17H16N5O3+. The first-order valence-electron chi connectivity index (χ1n) is 7.53. The van der Waals surface area contributed by atoms with Gasteiger partial charge in [-0.05, 0) is 19.1 Å². The van der Waals surface area contributed by atoms with Gasteiger partial charge in [-0.15, -0.1) is 0 Å². The number of benzene rings is 1. The van der Waals surface area contributed by atoms with Crippen LogP contribution in [0.3, 0.4) is 0 Å². The van der Waals surface area contributed by atoms with E-state index < -0.39 is 11.8 Å². The molecule has 0 bridgehead atoms. The van der Waals surface area contributed by atoms with Gasteiger partial charge in [0.05, 0.1) is 16.5 Å². The van der Waals surface area contributed by atoms with Crippen LogP contribution in [0.15, 0.2) is 53.6 Å². The molecule has 0 aliphatic carbocycles. The van der Waals surface area contributed by atoms with Gasteiger partial charge in [0.2, 0.25) is 12.5 Å². The number of aryl methyl sites for hydroxylation is 1. The van der Waals surface area contributed by atoms with E-state index in [0.717, 1.165) is 4.68 Å². The highest BCUT2D eigenvalue weighted by Crippen LogP contribution is 2.06. The largest absolute Gasteiger partial charge is 0.366 e. The van der Waals surface area contributed by atoms with Crippen molar-refractivity contribution in [2.75, 3.05) is 5.43 Å². The Labute approximate surface area is 142 Å². The molecule has 0 spiro atoms. The van der Waals surface area contributed by atoms with Crippen LogP contribution in [-0.4, -0.2) is 21.5 Å². The number of aromatic nitrogens is 3. The molecule has 0 fully saturated rings. The second kappa shape index (κ2) is 6.52. The number of nitrogens with one attached hydrogen (secondary N) is 1. The minimum absolute atomic E-state index is 0.0300. The van der Waals surface area contributed by atoms with Crippen molar-refractivity contribution in [3.8, 4) is 0 Å². The maximum Gasteiger partial charge on any atom is 0.304 e. The Morgan fingerprint density at radius 3 is 2.56 bits per heavy atom. The number of hydrogen-bond donors (Lipinski definition) is 2. The van der Waals surface area contributed by atoms with Gasteiger partial charge in [0.1, 0.15) is 5.82 Å². The molecule has 0 saturated heterocycles. The zero-order valence-electron chi connectivity index (χ0n) is 13.5. The van der Waals surface area contributed by atoms with Crippen LogP contribution < -0.4 is 21.3 Å². The van der Waals surface area contributed by atoms with Gasteiger partial charge < -0.3 is 5.73 Å². The van der Waals surface area contributed by atoms with Gasteiger partial charge in [0.25, 0.3) is 5.56 Å². The van der Waals surface area contributed by atoms with Crippen molar-refractivity contribution in [1.82, 2.24) is 9.66 Å². The van der Waals surface area contributed by atoms with Crippen molar-refractivity contribution in [1.29, 1.82) is 0 Å². The van der Waals surface area contributed by atoms with Crippen LogP contribution in [0.4, 0.5) is 0 Å². The van der Waals surface area contributed by atoms with Crippen LogP contribution in [0, 0.1) is 6.92 Å². The first-order chi connectivity index (χ1) is 12.0. The first kappa shape index (κ1) is 16.3. The second-order valence-electron chi connectivity index (χ2n) is 5.48. The maximum atomic E-state index is 12.5. The number of amides is 2. The van der Waals surface area contributed by atoms with E-state index >= 15 is 0 Å². The van der Waals surface area contributed by atoms with Gasteiger partial charge >= 0.3 is 5.91 Å². The highest BCUT2D eigenvalue weighted by molar-refractivity contribution is 5.92. The highest BCUT2D eigenvalue weighted by Gasteiger charge is 2.14. The summed E-state index contributed by atoms with van der Waals surface area (Å²) in [4.78, 5) is 40.1. The summed E-state index contributed by atoms with van der Waals surface area (Å²) in [7, 11) is 0. The summed E-state index contributed by atoms with van der Waals surface area (Å²) in [6.07, 6.45) is 3.13. The van der Waals surface area contributed by atoms with Crippen molar-refractivity contribution in [2.24, 2.45) is 5.73 Å². The monoisotopic (exact) mass is 338 g/mol. The number of nitrogens with zero attached hydrogens (tertiary/aromatic N) is 3. The van der Waals surface area contributed by atoms with Crippen molar-refractivity contribution < 1.29 is 14.2 Å². The molecule has 8 nitrogen and oxygen atoms in total. The van der Waals surface area contributed by atoms with Crippen LogP contribution in [0.5, 0.6) is 0 Å². The Morgan fingerprint density at radius 1 is 1.20 bits per heavy atom. The van der Waals surface area contributed by atoms with E-state index in [0.29, 0.717) is 22.3 Å². The van der Waals surface area contributed by atoms with E-state index in [9.17, 15) is 14.4 Å². The predicted octanol–water partition coefficient (Wildman–Crippen LogP) is -0.138. The minimum atomic E-state index is -0.541. The molecule has 2 heterocycles. The van der Waals surface area contributed by atoms with Gasteiger partial charge in [-0.2, -0.15) is 4.57 Å². The smallest absolute Gasteiger partial charge is 0.304 e. The topological polar surface area (TPSA) is 111 Å². The normalized spacial score (nSPS) is 10.6. The van der Waals surface area contributed by atoms with Crippen LogP contribution >= 0.6 is 0 Å². The Balaban J connectivity index is 1.82. The zero-order valence-corrected chi connectivity index (χ0v) is 13.5. The molecule has 0 saturated carbocycles. The second-order valence-corrected chi connectivity index (χ2v) is 5.48. The molecule has 126 valence electrons. The van der Waals surface area contributed by atoms with Gasteiger partial charge in [-0.3, -0.25) is 19.8 Å². The number of rotatable bonds is 4. The lowest BCUT2D eigenvalue weighted by Gasteiger charge is -2.10. The molecule has 1 aromatic carbocycles. The number of carbonyl (C=O) groups excluding carboxylic acids is 2. The van der Waals surface area contributed by atoms with E-state index in [2.05, 4.69) is 10.4 Å². The highest BCUT2D eigenvalue weighted by atomic mass is 16.2. The van der Waals surface area contributed by atoms with Crippen molar-refractivity contribution in [3.05, 3.63) is 70.5 Å². The summed E-state index contributed by atoms with van der Waals surface area (Å²) in [5.74, 6) is -0.564. The van der Waals surface area contributed by atoms with Crippen molar-refractivity contribution >= 4 is 22.7 Å². The number of primary amides is 1. The summed E-state index contributed by atoms with van der Waals surface area (Å²) in [5, 5.41) is 0.423. The molecule has 2 aromatic heterocycles. The van der Waals surface area contributed by atoms with Crippen LogP contribution in [0.25, 0.3) is 10.9 Å². The lowest BCUT2D eigenvalue weighted by Crippen LogP contribution is -2.44. The van der Waals surface area contributed by atoms with Gasteiger partial charge in [-0.25, -0.2) is 9.66 Å². The average Bonchev–Trinajstić information content (AvgIpc) is 2.59. The number of hydrogen-bond acceptors (Lipinski definition) is 4. The summed E-state index contributed by atoms with van der Waals surface area (Å²) in [6.45, 7) is 1.61. The summed E-state index contributed by atoms with van der Waals surface area (Å²) < 4.78 is 2.69. The molecular weight excluding hydrogens is 322 g/mol. The van der Waals surface area contributed by atoms with Crippen LogP contribution in [0.2, 0.25) is 0 Å². The van der Waals surface area contributed by atoms with Crippen LogP contribution in [0.1, 0.15) is 16.2 Å². The number of fused-ring (bicyclic) bond motifs is 1. The number of para-hydroxylation sites is 1. The van der Waals surface area contributed by atoms with E-state index in [-0.39, 0.29) is 12.1 Å². The Kier molecular flexibility index (Phi) is 4.25. The van der Waals surface area contributed by atoms with Crippen LogP contribution in [-0.2, 0) is 11.3 Å². The van der Waals surface area contributed by atoms with E-state index in [1.165, 1.54) is 12.1 Å². The number of nitrogens with two attached hydrogens (primary N) is 1. The quantitative estimate of drug-likeness (QED) is 0.645. The minimum Gasteiger partial charge on any atom is -0.366 e. The average molecular weight is 338 g/mol. The Hall–Kier alpha value is -3.55. The summed E-state index contributed by atoms with van der Waals surface area (Å²) in [6, 6.07) is 9.97. The lowest BCUT2D eigenvalue weighted by atomic mass is 10.2. The Morgan fingerprint density at radius 2 is 1.88 bits per heavy atom. The van der Waals surface area contributed by atoms with Gasteiger partial charge in [0, 0.05) is 12.1 Å². The standard InChI is InChI=1S/C17H15N5O3/c1-11-19-14-5-3-2-4-13(14)17(25)22(11)20-15(23)10-21-8-6-12(7-9-21)16(18)24/h2-9H,10H2,1H3,(H2-,18,20,23,24)/p+1. The molecule has 0 radical (unpaired) electrons. The third-order valence-corrected chi connectivity index (χ3v) is 3.68. The SMILES string of the molecule is Cc1nc2ccccc2c(=O)n1NC(=O)C[n+]1ccc(C(N)=O)cc1. The fourth-order valence-corrected chi connectivity index (χ4v) is 2.43. The molecule has 2 amide bonds. The van der Waals surface area contributed by atoms with E-state index in [1.54, 1.807) is 48.1 Å². The van der Waals surface area contributed by atoms with Gasteiger partial charge in [0.15, 0.2) is 12.4 Å². The summed E-state index contributed by atoms with van der Waals surface area (Å²) >= 11 is 0. The first-order valence-corrected chi connectivity index (χ1v) is 7.53. The lowest BCUT2D eigenvalue weighted by molar-refractivity contribution is -0.684. The fourth-order valence-electron chi connectivity index (χ4n) is 2.43. The molecule has 0 unspecified atom stereocenters. The maximum absolute atomic E-state index is 12.5. The molecule has 25 heavy (non-hydrogen) atoms. The summed E-state index contributed by atoms with van der Waals surface area (Å²) in [5.41, 5.74) is 8.30. The Bertz CT molecular complexity index is 1020. The molecule has 8 heteroatoms. The third kappa shape index (κ3) is 3.37. The predicted molar refractivity (Wildman–Crippen MR) is 90.3 cm³/mol. The molecule has 3 rings (SSSR count). The molecule has 0 aliphatic heterocycles. The molecule has 3 N–H and O–H groups in total. The fraction of sp³-hybridized carbons (Fsp3) is 0.118. The van der Waals surface area contributed by atoms with E-state index in [1.807, 2.05) is 0 Å². The number of carbonyl (C=O) groups is 2. The van der Waals surface area contributed by atoms with Crippen molar-refractivity contribution in [3.63, 3.8) is 0 Å². The number of pyridine rings is 1. The third-order valence-electron chi connectivity index (χ3n) is 3.68. The molecule has 0 aliphatic rings. The molecule has 3 aromatic rings.